The van der Waals surface area contributed by atoms with E-state index in [1.165, 1.54) is 12.3 Å². The molecule has 1 aromatic heterocycles. The fourth-order valence-electron chi connectivity index (χ4n) is 1.13. The van der Waals surface area contributed by atoms with Crippen molar-refractivity contribution in [3.8, 4) is 0 Å². The number of H-pyrrole nitrogens is 1. The highest BCUT2D eigenvalue weighted by atomic mass is 16.3. The number of aliphatic hydroxyl groups excluding tert-OH is 1. The van der Waals surface area contributed by atoms with E-state index in [-0.39, 0.29) is 18.0 Å². The van der Waals surface area contributed by atoms with Gasteiger partial charge in [0.2, 0.25) is 0 Å². The van der Waals surface area contributed by atoms with Crippen LogP contribution in [0.1, 0.15) is 24.2 Å². The molecule has 0 bridgehead atoms. The highest BCUT2D eigenvalue weighted by Crippen LogP contribution is 1.99. The van der Waals surface area contributed by atoms with Crippen LogP contribution in [0.5, 0.6) is 0 Å². The molecule has 0 aliphatic heterocycles. The second-order valence-corrected chi connectivity index (χ2v) is 3.93. The topological polar surface area (TPSA) is 82.2 Å². The Hall–Kier alpha value is -1.62. The third-order valence-corrected chi connectivity index (χ3v) is 2.30. The molecule has 0 spiro atoms. The molecule has 1 heterocycles. The van der Waals surface area contributed by atoms with Crippen molar-refractivity contribution in [1.82, 2.24) is 10.3 Å². The summed E-state index contributed by atoms with van der Waals surface area (Å²) in [7, 11) is 0. The predicted octanol–water partition coefficient (Wildman–Crippen LogP) is 0.122. The molecule has 0 aliphatic rings. The lowest BCUT2D eigenvalue weighted by atomic mass is 10.1. The van der Waals surface area contributed by atoms with E-state index in [1.807, 2.05) is 13.8 Å². The minimum Gasteiger partial charge on any atom is -0.391 e. The number of aromatic nitrogens is 1. The van der Waals surface area contributed by atoms with Gasteiger partial charge in [0.05, 0.1) is 6.10 Å². The lowest BCUT2D eigenvalue weighted by Gasteiger charge is -2.14. The summed E-state index contributed by atoms with van der Waals surface area (Å²) < 4.78 is 0. The summed E-state index contributed by atoms with van der Waals surface area (Å²) in [5.41, 5.74) is -0.377. The van der Waals surface area contributed by atoms with Crippen molar-refractivity contribution >= 4 is 5.91 Å². The molecule has 0 aliphatic carbocycles. The van der Waals surface area contributed by atoms with E-state index in [1.54, 1.807) is 6.07 Å². The summed E-state index contributed by atoms with van der Waals surface area (Å²) in [6.07, 6.45) is 0.856. The zero-order valence-electron chi connectivity index (χ0n) is 9.36. The zero-order chi connectivity index (χ0) is 12.1. The van der Waals surface area contributed by atoms with Gasteiger partial charge in [-0.1, -0.05) is 13.8 Å². The Morgan fingerprint density at radius 1 is 1.56 bits per heavy atom. The van der Waals surface area contributed by atoms with Gasteiger partial charge in [0, 0.05) is 12.7 Å². The number of carbonyl (C=O) groups excluding carboxylic acids is 1. The van der Waals surface area contributed by atoms with Crippen LogP contribution in [0, 0.1) is 5.92 Å². The van der Waals surface area contributed by atoms with E-state index >= 15 is 0 Å². The van der Waals surface area contributed by atoms with Crippen LogP contribution in [0.3, 0.4) is 0 Å². The first-order valence-corrected chi connectivity index (χ1v) is 5.16. The average Bonchev–Trinajstić information content (AvgIpc) is 2.25. The number of hydrogen-bond donors (Lipinski definition) is 3. The smallest absolute Gasteiger partial charge is 0.260 e. The maximum Gasteiger partial charge on any atom is 0.260 e. The monoisotopic (exact) mass is 224 g/mol. The van der Waals surface area contributed by atoms with Crippen molar-refractivity contribution in [3.63, 3.8) is 0 Å². The standard InChI is InChI=1S/C11H16N2O3/c1-7(2)9(14)6-13-11(16)8-4-3-5-12-10(8)15/h3-5,7,9,14H,6H2,1-2H3,(H,12,15)(H,13,16). The Kier molecular flexibility index (Phi) is 4.25. The molecule has 1 aromatic rings. The summed E-state index contributed by atoms with van der Waals surface area (Å²) >= 11 is 0. The highest BCUT2D eigenvalue weighted by molar-refractivity contribution is 5.93. The van der Waals surface area contributed by atoms with E-state index in [2.05, 4.69) is 10.3 Å². The molecule has 16 heavy (non-hydrogen) atoms. The summed E-state index contributed by atoms with van der Waals surface area (Å²) in [6, 6.07) is 3.02. The first-order valence-electron chi connectivity index (χ1n) is 5.16. The predicted molar refractivity (Wildman–Crippen MR) is 60.2 cm³/mol. The molecule has 88 valence electrons. The zero-order valence-corrected chi connectivity index (χ0v) is 9.36. The van der Waals surface area contributed by atoms with Gasteiger partial charge >= 0.3 is 0 Å². The fourth-order valence-corrected chi connectivity index (χ4v) is 1.13. The fraction of sp³-hybridized carbons (Fsp3) is 0.455. The summed E-state index contributed by atoms with van der Waals surface area (Å²) in [5, 5.41) is 12.0. The Morgan fingerprint density at radius 3 is 2.81 bits per heavy atom. The van der Waals surface area contributed by atoms with Crippen LogP contribution in [0.4, 0.5) is 0 Å². The van der Waals surface area contributed by atoms with Gasteiger partial charge in [-0.25, -0.2) is 0 Å². The Morgan fingerprint density at radius 2 is 2.25 bits per heavy atom. The third kappa shape index (κ3) is 3.20. The quantitative estimate of drug-likeness (QED) is 0.679. The van der Waals surface area contributed by atoms with Gasteiger partial charge in [-0.2, -0.15) is 0 Å². The second-order valence-electron chi connectivity index (χ2n) is 3.93. The number of amides is 1. The molecule has 5 heteroatoms. The van der Waals surface area contributed by atoms with Gasteiger partial charge in [0.25, 0.3) is 11.5 Å². The van der Waals surface area contributed by atoms with E-state index in [0.29, 0.717) is 0 Å². The molecule has 0 aromatic carbocycles. The van der Waals surface area contributed by atoms with Crippen molar-refractivity contribution in [2.45, 2.75) is 20.0 Å². The van der Waals surface area contributed by atoms with Crippen LogP contribution in [0.25, 0.3) is 0 Å². The maximum absolute atomic E-state index is 11.6. The average molecular weight is 224 g/mol. The SMILES string of the molecule is CC(C)C(O)CNC(=O)c1ccc[nH]c1=O. The van der Waals surface area contributed by atoms with Gasteiger partial charge < -0.3 is 15.4 Å². The number of pyridine rings is 1. The molecule has 1 unspecified atom stereocenters. The number of carbonyl (C=O) groups is 1. The number of nitrogens with one attached hydrogen (secondary N) is 2. The molecular weight excluding hydrogens is 208 g/mol. The number of rotatable bonds is 4. The van der Waals surface area contributed by atoms with Gasteiger partial charge in [-0.3, -0.25) is 9.59 Å². The molecule has 1 atom stereocenters. The van der Waals surface area contributed by atoms with Crippen molar-refractivity contribution in [1.29, 1.82) is 0 Å². The second kappa shape index (κ2) is 5.46. The molecular formula is C11H16N2O3. The van der Waals surface area contributed by atoms with Gasteiger partial charge in [0.1, 0.15) is 5.56 Å². The summed E-state index contributed by atoms with van der Waals surface area (Å²) in [6.45, 7) is 3.85. The third-order valence-electron chi connectivity index (χ3n) is 2.30. The summed E-state index contributed by atoms with van der Waals surface area (Å²) in [5.74, 6) is -0.407. The molecule has 0 saturated carbocycles. The molecule has 3 N–H and O–H groups in total. The van der Waals surface area contributed by atoms with Gasteiger partial charge in [-0.15, -0.1) is 0 Å². The molecule has 0 saturated heterocycles. The first-order chi connectivity index (χ1) is 7.52. The first kappa shape index (κ1) is 12.4. The van der Waals surface area contributed by atoms with Crippen LogP contribution < -0.4 is 10.9 Å². The van der Waals surface area contributed by atoms with Crippen LogP contribution in [-0.4, -0.2) is 28.6 Å². The lowest BCUT2D eigenvalue weighted by molar-refractivity contribution is 0.0870. The van der Waals surface area contributed by atoms with E-state index in [0.717, 1.165) is 0 Å². The van der Waals surface area contributed by atoms with E-state index in [4.69, 9.17) is 0 Å². The lowest BCUT2D eigenvalue weighted by Crippen LogP contribution is -2.36. The number of aliphatic hydroxyl groups is 1. The number of aromatic amines is 1. The van der Waals surface area contributed by atoms with Gasteiger partial charge in [0.15, 0.2) is 0 Å². The minimum atomic E-state index is -0.605. The van der Waals surface area contributed by atoms with Crippen molar-refractivity contribution < 1.29 is 9.90 Å². The minimum absolute atomic E-state index is 0.0541. The molecule has 1 rings (SSSR count). The molecule has 0 radical (unpaired) electrons. The van der Waals surface area contributed by atoms with E-state index in [9.17, 15) is 14.7 Å². The molecule has 0 fully saturated rings. The highest BCUT2D eigenvalue weighted by Gasteiger charge is 2.13. The van der Waals surface area contributed by atoms with Crippen LogP contribution in [0.2, 0.25) is 0 Å². The number of hydrogen-bond acceptors (Lipinski definition) is 3. The van der Waals surface area contributed by atoms with Crippen molar-refractivity contribution in [2.75, 3.05) is 6.54 Å². The van der Waals surface area contributed by atoms with Crippen LogP contribution in [-0.2, 0) is 0 Å². The Balaban J connectivity index is 2.61. The Bertz CT molecular complexity index is 412. The summed E-state index contributed by atoms with van der Waals surface area (Å²) in [4.78, 5) is 25.2. The maximum atomic E-state index is 11.6. The van der Waals surface area contributed by atoms with Gasteiger partial charge in [-0.05, 0) is 18.1 Å². The van der Waals surface area contributed by atoms with Crippen LogP contribution in [0.15, 0.2) is 23.1 Å². The molecule has 1 amide bonds. The van der Waals surface area contributed by atoms with Crippen LogP contribution >= 0.6 is 0 Å². The normalized spacial score (nSPS) is 12.5. The Labute approximate surface area is 93.5 Å². The van der Waals surface area contributed by atoms with Crippen molar-refractivity contribution in [2.24, 2.45) is 5.92 Å². The largest absolute Gasteiger partial charge is 0.391 e. The molecule has 5 nitrogen and oxygen atoms in total. The van der Waals surface area contributed by atoms with Crippen molar-refractivity contribution in [3.05, 3.63) is 34.2 Å². The van der Waals surface area contributed by atoms with E-state index < -0.39 is 17.6 Å².